The molecule has 0 bridgehead atoms. The molecule has 0 aliphatic carbocycles. The summed E-state index contributed by atoms with van der Waals surface area (Å²) in [5.74, 6) is 0.897. The molecule has 2 rings (SSSR count). The van der Waals surface area contributed by atoms with Crippen LogP contribution >= 0.6 is 27.5 Å². The van der Waals surface area contributed by atoms with Gasteiger partial charge in [-0.15, -0.1) is 0 Å². The van der Waals surface area contributed by atoms with E-state index in [1.54, 1.807) is 6.26 Å². The second kappa shape index (κ2) is 5.15. The van der Waals surface area contributed by atoms with Crippen LogP contribution in [0.3, 0.4) is 0 Å². The fourth-order valence-electron chi connectivity index (χ4n) is 1.60. The van der Waals surface area contributed by atoms with Gasteiger partial charge in [0.1, 0.15) is 5.76 Å². The van der Waals surface area contributed by atoms with Crippen LogP contribution in [0.5, 0.6) is 0 Å². The highest BCUT2D eigenvalue weighted by molar-refractivity contribution is 9.10. The van der Waals surface area contributed by atoms with Crippen molar-refractivity contribution in [3.63, 3.8) is 0 Å². The van der Waals surface area contributed by atoms with Crippen LogP contribution in [0.2, 0.25) is 5.02 Å². The lowest BCUT2D eigenvalue weighted by Crippen LogP contribution is -2.06. The van der Waals surface area contributed by atoms with Gasteiger partial charge in [0.15, 0.2) is 0 Å². The Kier molecular flexibility index (Phi) is 3.79. The molecular weight excluding hydrogens is 302 g/mol. The molecule has 0 fully saturated rings. The number of hydrogen-bond donors (Lipinski definition) is 1. The number of hydrogen-bond acceptors (Lipinski definition) is 2. The standard InChI is InChI=1S/C13H13BrClNO/c1-8-6-10(14)12(7-11(8)15)16-9(2)13-4-3-5-17-13/h3-7,9,16H,1-2H3. The Labute approximate surface area is 114 Å². The van der Waals surface area contributed by atoms with Crippen molar-refractivity contribution < 1.29 is 4.42 Å². The molecular formula is C13H13BrClNO. The van der Waals surface area contributed by atoms with Crippen LogP contribution in [0, 0.1) is 6.92 Å². The number of anilines is 1. The molecule has 1 aromatic heterocycles. The molecule has 0 amide bonds. The maximum atomic E-state index is 6.11. The number of halogens is 2. The van der Waals surface area contributed by atoms with Crippen LogP contribution in [0.15, 0.2) is 39.4 Å². The molecule has 90 valence electrons. The van der Waals surface area contributed by atoms with Gasteiger partial charge < -0.3 is 9.73 Å². The maximum Gasteiger partial charge on any atom is 0.125 e. The first kappa shape index (κ1) is 12.5. The minimum Gasteiger partial charge on any atom is -0.467 e. The van der Waals surface area contributed by atoms with E-state index >= 15 is 0 Å². The summed E-state index contributed by atoms with van der Waals surface area (Å²) >= 11 is 9.63. The number of furan rings is 1. The average Bonchev–Trinajstić information content (AvgIpc) is 2.79. The third-order valence-corrected chi connectivity index (χ3v) is 3.65. The summed E-state index contributed by atoms with van der Waals surface area (Å²) in [4.78, 5) is 0. The van der Waals surface area contributed by atoms with E-state index < -0.39 is 0 Å². The van der Waals surface area contributed by atoms with Crippen molar-refractivity contribution in [2.75, 3.05) is 5.32 Å². The van der Waals surface area contributed by atoms with Gasteiger partial charge in [-0.25, -0.2) is 0 Å². The van der Waals surface area contributed by atoms with E-state index in [1.807, 2.05) is 38.1 Å². The van der Waals surface area contributed by atoms with Crippen molar-refractivity contribution in [2.24, 2.45) is 0 Å². The lowest BCUT2D eigenvalue weighted by molar-refractivity contribution is 0.490. The van der Waals surface area contributed by atoms with Crippen molar-refractivity contribution in [1.29, 1.82) is 0 Å². The maximum absolute atomic E-state index is 6.11. The molecule has 4 heteroatoms. The average molecular weight is 315 g/mol. The largest absolute Gasteiger partial charge is 0.467 e. The van der Waals surface area contributed by atoms with E-state index in [4.69, 9.17) is 16.0 Å². The molecule has 1 unspecified atom stereocenters. The van der Waals surface area contributed by atoms with Gasteiger partial charge in [-0.3, -0.25) is 0 Å². The summed E-state index contributed by atoms with van der Waals surface area (Å²) in [6.07, 6.45) is 1.67. The normalized spacial score (nSPS) is 12.5. The molecule has 0 aliphatic heterocycles. The summed E-state index contributed by atoms with van der Waals surface area (Å²) < 4.78 is 6.35. The second-order valence-corrected chi connectivity index (χ2v) is 5.22. The highest BCUT2D eigenvalue weighted by atomic mass is 79.9. The quantitative estimate of drug-likeness (QED) is 0.844. The summed E-state index contributed by atoms with van der Waals surface area (Å²) in [5.41, 5.74) is 2.01. The SMILES string of the molecule is Cc1cc(Br)c(NC(C)c2ccco2)cc1Cl. The number of aryl methyl sites for hydroxylation is 1. The van der Waals surface area contributed by atoms with Crippen LogP contribution in [0.25, 0.3) is 0 Å². The van der Waals surface area contributed by atoms with Gasteiger partial charge in [-0.05, 0) is 59.6 Å². The van der Waals surface area contributed by atoms with Crippen LogP contribution in [0.1, 0.15) is 24.3 Å². The Balaban J connectivity index is 2.22. The van der Waals surface area contributed by atoms with Crippen molar-refractivity contribution in [1.82, 2.24) is 0 Å². The fourth-order valence-corrected chi connectivity index (χ4v) is 2.33. The molecule has 0 saturated heterocycles. The minimum absolute atomic E-state index is 0.0973. The summed E-state index contributed by atoms with van der Waals surface area (Å²) in [5, 5.41) is 4.11. The molecule has 0 aliphatic rings. The lowest BCUT2D eigenvalue weighted by Gasteiger charge is -2.15. The molecule has 2 nitrogen and oxygen atoms in total. The van der Waals surface area contributed by atoms with Crippen molar-refractivity contribution in [3.05, 3.63) is 51.3 Å². The van der Waals surface area contributed by atoms with Gasteiger partial charge in [0.05, 0.1) is 18.0 Å². The number of benzene rings is 1. The third kappa shape index (κ3) is 2.85. The Hall–Kier alpha value is -0.930. The first-order chi connectivity index (χ1) is 8.08. The number of rotatable bonds is 3. The van der Waals surface area contributed by atoms with E-state index in [0.717, 1.165) is 26.5 Å². The van der Waals surface area contributed by atoms with Crippen molar-refractivity contribution in [2.45, 2.75) is 19.9 Å². The highest BCUT2D eigenvalue weighted by Crippen LogP contribution is 2.31. The van der Waals surface area contributed by atoms with E-state index in [2.05, 4.69) is 21.2 Å². The fraction of sp³-hybridized carbons (Fsp3) is 0.231. The highest BCUT2D eigenvalue weighted by Gasteiger charge is 2.11. The number of nitrogens with one attached hydrogen (secondary N) is 1. The van der Waals surface area contributed by atoms with E-state index in [9.17, 15) is 0 Å². The smallest absolute Gasteiger partial charge is 0.125 e. The van der Waals surface area contributed by atoms with Crippen LogP contribution in [0.4, 0.5) is 5.69 Å². The first-order valence-corrected chi connectivity index (χ1v) is 6.50. The Morgan fingerprint density at radius 2 is 2.18 bits per heavy atom. The van der Waals surface area contributed by atoms with Crippen molar-refractivity contribution >= 4 is 33.2 Å². The second-order valence-electron chi connectivity index (χ2n) is 3.96. The summed E-state index contributed by atoms with van der Waals surface area (Å²) in [7, 11) is 0. The molecule has 1 aromatic carbocycles. The Morgan fingerprint density at radius 3 is 2.82 bits per heavy atom. The predicted molar refractivity (Wildman–Crippen MR) is 74.6 cm³/mol. The topological polar surface area (TPSA) is 25.2 Å². The van der Waals surface area contributed by atoms with Gasteiger partial charge in [-0.1, -0.05) is 11.6 Å². The Bertz CT molecular complexity index is 510. The molecule has 17 heavy (non-hydrogen) atoms. The van der Waals surface area contributed by atoms with Gasteiger partial charge in [0, 0.05) is 9.50 Å². The molecule has 1 atom stereocenters. The van der Waals surface area contributed by atoms with Gasteiger partial charge in [0.25, 0.3) is 0 Å². The third-order valence-electron chi connectivity index (χ3n) is 2.59. The van der Waals surface area contributed by atoms with Gasteiger partial charge in [0.2, 0.25) is 0 Å². The summed E-state index contributed by atoms with van der Waals surface area (Å²) in [6.45, 7) is 4.02. The Morgan fingerprint density at radius 1 is 1.41 bits per heavy atom. The molecule has 0 saturated carbocycles. The molecule has 0 spiro atoms. The lowest BCUT2D eigenvalue weighted by atomic mass is 10.2. The molecule has 1 N–H and O–H groups in total. The van der Waals surface area contributed by atoms with Crippen LogP contribution in [-0.2, 0) is 0 Å². The zero-order valence-electron chi connectivity index (χ0n) is 9.63. The summed E-state index contributed by atoms with van der Waals surface area (Å²) in [6, 6.07) is 7.84. The first-order valence-electron chi connectivity index (χ1n) is 5.33. The zero-order valence-corrected chi connectivity index (χ0v) is 12.0. The molecule has 1 heterocycles. The molecule has 0 radical (unpaired) electrons. The minimum atomic E-state index is 0.0973. The monoisotopic (exact) mass is 313 g/mol. The van der Waals surface area contributed by atoms with E-state index in [0.29, 0.717) is 0 Å². The van der Waals surface area contributed by atoms with Crippen LogP contribution < -0.4 is 5.32 Å². The van der Waals surface area contributed by atoms with Crippen LogP contribution in [-0.4, -0.2) is 0 Å². The van der Waals surface area contributed by atoms with Crippen molar-refractivity contribution in [3.8, 4) is 0 Å². The molecule has 2 aromatic rings. The van der Waals surface area contributed by atoms with Gasteiger partial charge >= 0.3 is 0 Å². The van der Waals surface area contributed by atoms with Gasteiger partial charge in [-0.2, -0.15) is 0 Å². The predicted octanol–water partition coefficient (Wildman–Crippen LogP) is 5.18. The van der Waals surface area contributed by atoms with E-state index in [-0.39, 0.29) is 6.04 Å². The zero-order chi connectivity index (χ0) is 12.4. The van der Waals surface area contributed by atoms with E-state index in [1.165, 1.54) is 0 Å².